The average molecular weight is 205 g/mol. The molecule has 0 saturated heterocycles. The average Bonchev–Trinajstić information content (AvgIpc) is 1.90. The van der Waals surface area contributed by atoms with Crippen LogP contribution in [0.5, 0.6) is 0 Å². The molecule has 0 aliphatic heterocycles. The molecule has 0 amide bonds. The van der Waals surface area contributed by atoms with E-state index in [0.29, 0.717) is 0 Å². The summed E-state index contributed by atoms with van der Waals surface area (Å²) in [7, 11) is -0.639. The largest absolute Gasteiger partial charge is 0.353 e. The summed E-state index contributed by atoms with van der Waals surface area (Å²) in [6, 6.07) is 0. The second kappa shape index (κ2) is 14.0. The number of hydrogen-bond donors (Lipinski definition) is 1. The molecule has 1 aliphatic rings. The quantitative estimate of drug-likeness (QED) is 0.537. The van der Waals surface area contributed by atoms with Crippen LogP contribution in [0.3, 0.4) is 0 Å². The van der Waals surface area contributed by atoms with Gasteiger partial charge in [-0.3, -0.25) is 0 Å². The zero-order chi connectivity index (χ0) is 7.82. The van der Waals surface area contributed by atoms with Gasteiger partial charge in [0.15, 0.2) is 0 Å². The second-order valence-electron chi connectivity index (χ2n) is 3.37. The molecule has 0 atom stereocenters. The summed E-state index contributed by atoms with van der Waals surface area (Å²) in [5.74, 6) is 0. The molecule has 4 heteroatoms. The standard InChI is InChI=1S/C6H12.C2H9NSi.BH3.H4Si/c1-2-4-6-5-3-1;1-4(2)3;;/h1-6H2;4H,3H2,1-2H3;1H3;1H4. The van der Waals surface area contributed by atoms with Gasteiger partial charge in [0.05, 0.1) is 17.4 Å². The molecule has 0 spiro atoms. The Balaban J connectivity index is -0.000000124. The van der Waals surface area contributed by atoms with E-state index in [1.165, 1.54) is 38.5 Å². The zero-order valence-electron chi connectivity index (χ0n) is 7.40. The van der Waals surface area contributed by atoms with Crippen LogP contribution >= 0.6 is 0 Å². The maximum Gasteiger partial charge on any atom is 0.0995 e. The van der Waals surface area contributed by atoms with Crippen molar-refractivity contribution in [3.63, 3.8) is 0 Å². The summed E-state index contributed by atoms with van der Waals surface area (Å²) < 4.78 is 0. The first kappa shape index (κ1) is 18.3. The van der Waals surface area contributed by atoms with E-state index in [2.05, 4.69) is 13.1 Å². The zero-order valence-corrected chi connectivity index (χ0v) is 8.55. The summed E-state index contributed by atoms with van der Waals surface area (Å²) >= 11 is 0. The van der Waals surface area contributed by atoms with E-state index >= 15 is 0 Å². The van der Waals surface area contributed by atoms with E-state index in [4.69, 9.17) is 5.40 Å². The van der Waals surface area contributed by atoms with Crippen molar-refractivity contribution in [2.24, 2.45) is 5.40 Å². The van der Waals surface area contributed by atoms with Crippen molar-refractivity contribution in [3.05, 3.63) is 0 Å². The van der Waals surface area contributed by atoms with Crippen molar-refractivity contribution in [3.8, 4) is 0 Å². The monoisotopic (exact) mass is 205 g/mol. The topological polar surface area (TPSA) is 26.0 Å². The smallest absolute Gasteiger partial charge is 0.0995 e. The molecule has 0 radical (unpaired) electrons. The summed E-state index contributed by atoms with van der Waals surface area (Å²) in [4.78, 5) is 0. The summed E-state index contributed by atoms with van der Waals surface area (Å²) in [6.45, 7) is 4.17. The first-order valence-corrected chi connectivity index (χ1v) is 7.46. The normalized spacial score (nSPS) is 15.0. The lowest BCUT2D eigenvalue weighted by Gasteiger charge is -2.05. The van der Waals surface area contributed by atoms with E-state index in [1.54, 1.807) is 0 Å². The van der Waals surface area contributed by atoms with Crippen molar-refractivity contribution in [2.45, 2.75) is 51.6 Å². The van der Waals surface area contributed by atoms with Gasteiger partial charge in [-0.05, 0) is 11.0 Å². The Labute approximate surface area is 85.8 Å². The highest BCUT2D eigenvalue weighted by Crippen LogP contribution is 2.15. The lowest BCUT2D eigenvalue weighted by molar-refractivity contribution is 0.504. The Hall–Kier alpha value is 0.459. The molecule has 1 saturated carbocycles. The van der Waals surface area contributed by atoms with Crippen LogP contribution in [0.2, 0.25) is 13.1 Å². The molecule has 1 rings (SSSR count). The Kier molecular flexibility index (Phi) is 21.3. The first-order valence-electron chi connectivity index (χ1n) is 4.49. The van der Waals surface area contributed by atoms with Crippen molar-refractivity contribution in [1.29, 1.82) is 0 Å². The molecule has 0 aromatic carbocycles. The van der Waals surface area contributed by atoms with Crippen molar-refractivity contribution >= 4 is 28.3 Å². The fourth-order valence-electron chi connectivity index (χ4n) is 1.06. The third-order valence-corrected chi connectivity index (χ3v) is 1.50. The van der Waals surface area contributed by atoms with Crippen LogP contribution in [0, 0.1) is 0 Å². The van der Waals surface area contributed by atoms with Crippen LogP contribution in [-0.2, 0) is 0 Å². The summed E-state index contributed by atoms with van der Waals surface area (Å²) in [6.07, 6.45) is 9.00. The van der Waals surface area contributed by atoms with Crippen LogP contribution in [0.25, 0.3) is 0 Å². The Morgan fingerprint density at radius 3 is 1.00 bits per heavy atom. The van der Waals surface area contributed by atoms with E-state index in [1.807, 2.05) is 0 Å². The van der Waals surface area contributed by atoms with Gasteiger partial charge in [-0.15, -0.1) is 0 Å². The van der Waals surface area contributed by atoms with Crippen molar-refractivity contribution in [1.82, 2.24) is 0 Å². The number of nitrogens with two attached hydrogens (primary N) is 1. The van der Waals surface area contributed by atoms with Crippen molar-refractivity contribution < 1.29 is 0 Å². The number of hydrogen-bond acceptors (Lipinski definition) is 1. The molecule has 2 N–H and O–H groups in total. The van der Waals surface area contributed by atoms with E-state index < -0.39 is 8.96 Å². The molecule has 12 heavy (non-hydrogen) atoms. The van der Waals surface area contributed by atoms with Crippen LogP contribution in [-0.4, -0.2) is 28.3 Å². The van der Waals surface area contributed by atoms with Gasteiger partial charge in [0.2, 0.25) is 0 Å². The minimum Gasteiger partial charge on any atom is -0.353 e. The highest BCUT2D eigenvalue weighted by atomic mass is 28.3. The van der Waals surface area contributed by atoms with E-state index in [9.17, 15) is 0 Å². The Bertz CT molecular complexity index is 53.8. The van der Waals surface area contributed by atoms with Crippen LogP contribution < -0.4 is 5.40 Å². The second-order valence-corrected chi connectivity index (χ2v) is 5.85. The third kappa shape index (κ3) is 22.4. The Morgan fingerprint density at radius 2 is 0.917 bits per heavy atom. The van der Waals surface area contributed by atoms with Gasteiger partial charge in [-0.1, -0.05) is 51.6 Å². The minimum atomic E-state index is -0.639. The predicted octanol–water partition coefficient (Wildman–Crippen LogP) is -0.366. The highest BCUT2D eigenvalue weighted by Gasteiger charge is 1.95. The van der Waals surface area contributed by atoms with Gasteiger partial charge in [-0.25, -0.2) is 0 Å². The highest BCUT2D eigenvalue weighted by molar-refractivity contribution is 6.51. The fourth-order valence-corrected chi connectivity index (χ4v) is 1.06. The molecule has 0 heterocycles. The van der Waals surface area contributed by atoms with E-state index in [0.717, 1.165) is 0 Å². The molecular formula is C8H28BNSi2. The molecule has 76 valence electrons. The predicted molar refractivity (Wildman–Crippen MR) is 72.0 cm³/mol. The SMILES string of the molecule is B.C1CCCCC1.C[SiH](C)N.[SiH4]. The molecule has 0 aromatic rings. The van der Waals surface area contributed by atoms with Crippen LogP contribution in [0.4, 0.5) is 0 Å². The summed E-state index contributed by atoms with van der Waals surface area (Å²) in [5.41, 5.74) is 0. The minimum absolute atomic E-state index is 0. The molecular weight excluding hydrogens is 177 g/mol. The molecule has 0 bridgehead atoms. The van der Waals surface area contributed by atoms with Crippen LogP contribution in [0.1, 0.15) is 38.5 Å². The lowest BCUT2D eigenvalue weighted by atomic mass is 10.0. The van der Waals surface area contributed by atoms with Crippen LogP contribution in [0.15, 0.2) is 0 Å². The van der Waals surface area contributed by atoms with Gasteiger partial charge < -0.3 is 5.40 Å². The number of rotatable bonds is 0. The first-order chi connectivity index (χ1) is 4.73. The third-order valence-electron chi connectivity index (χ3n) is 1.50. The van der Waals surface area contributed by atoms with Gasteiger partial charge in [0.1, 0.15) is 0 Å². The molecule has 1 nitrogen and oxygen atoms in total. The van der Waals surface area contributed by atoms with Gasteiger partial charge in [0, 0.05) is 0 Å². The maximum atomic E-state index is 5.25. The molecule has 0 aromatic heterocycles. The van der Waals surface area contributed by atoms with Gasteiger partial charge >= 0.3 is 0 Å². The van der Waals surface area contributed by atoms with E-state index in [-0.39, 0.29) is 19.4 Å². The van der Waals surface area contributed by atoms with Crippen molar-refractivity contribution in [2.75, 3.05) is 0 Å². The lowest BCUT2D eigenvalue weighted by Crippen LogP contribution is -2.13. The summed E-state index contributed by atoms with van der Waals surface area (Å²) in [5, 5.41) is 5.25. The Morgan fingerprint density at radius 1 is 0.833 bits per heavy atom. The maximum absolute atomic E-state index is 5.25. The fraction of sp³-hybridized carbons (Fsp3) is 1.00. The van der Waals surface area contributed by atoms with Gasteiger partial charge in [-0.2, -0.15) is 0 Å². The molecule has 1 aliphatic carbocycles. The molecule has 0 unspecified atom stereocenters. The van der Waals surface area contributed by atoms with Gasteiger partial charge in [0.25, 0.3) is 0 Å². The molecule has 1 fully saturated rings.